The van der Waals surface area contributed by atoms with Gasteiger partial charge in [0.1, 0.15) is 0 Å². The molecule has 66 valence electrons. The summed E-state index contributed by atoms with van der Waals surface area (Å²) < 4.78 is 0. The minimum Gasteiger partial charge on any atom is -0.276 e. The van der Waals surface area contributed by atoms with Crippen molar-refractivity contribution in [1.82, 2.24) is 0 Å². The number of halogens is 1. The van der Waals surface area contributed by atoms with Crippen LogP contribution in [-0.4, -0.2) is 5.24 Å². The Morgan fingerprint density at radius 3 is 2.75 bits per heavy atom. The lowest BCUT2D eigenvalue weighted by Crippen LogP contribution is -2.08. The first kappa shape index (κ1) is 9.53. The summed E-state index contributed by atoms with van der Waals surface area (Å²) in [6.45, 7) is 5.94. The molecule has 1 atom stereocenters. The van der Waals surface area contributed by atoms with Gasteiger partial charge in [0.25, 0.3) is 0 Å². The molecule has 1 aliphatic carbocycles. The summed E-state index contributed by atoms with van der Waals surface area (Å²) >= 11 is 5.35. The van der Waals surface area contributed by atoms with E-state index >= 15 is 0 Å². The highest BCUT2D eigenvalue weighted by Gasteiger charge is 2.17. The number of carbonyl (C=O) groups is 1. The Labute approximate surface area is 78.1 Å². The van der Waals surface area contributed by atoms with Crippen LogP contribution >= 0.6 is 11.6 Å². The molecule has 1 nitrogen and oxygen atoms in total. The normalized spacial score (nSPS) is 23.2. The maximum Gasteiger partial charge on any atom is 0.248 e. The molecule has 0 radical (unpaired) electrons. The second-order valence-corrected chi connectivity index (χ2v) is 3.66. The summed E-state index contributed by atoms with van der Waals surface area (Å²) in [5.74, 6) is 0.546. The molecular formula is C10H13ClO. The number of rotatable bonds is 2. The molecule has 0 fully saturated rings. The lowest BCUT2D eigenvalue weighted by atomic mass is 9.86. The van der Waals surface area contributed by atoms with E-state index in [0.29, 0.717) is 5.92 Å². The van der Waals surface area contributed by atoms with Crippen molar-refractivity contribution in [3.05, 3.63) is 23.8 Å². The highest BCUT2D eigenvalue weighted by Crippen LogP contribution is 2.28. The van der Waals surface area contributed by atoms with Gasteiger partial charge in [-0.25, -0.2) is 0 Å². The zero-order valence-corrected chi connectivity index (χ0v) is 8.03. The van der Waals surface area contributed by atoms with Gasteiger partial charge in [-0.15, -0.1) is 0 Å². The van der Waals surface area contributed by atoms with E-state index in [4.69, 9.17) is 11.6 Å². The third kappa shape index (κ3) is 2.21. The minimum atomic E-state index is -0.296. The summed E-state index contributed by atoms with van der Waals surface area (Å²) in [5.41, 5.74) is 1.97. The maximum absolute atomic E-state index is 10.8. The predicted molar refractivity (Wildman–Crippen MR) is 51.1 cm³/mol. The van der Waals surface area contributed by atoms with Gasteiger partial charge in [0, 0.05) is 5.57 Å². The molecule has 2 heteroatoms. The van der Waals surface area contributed by atoms with E-state index in [-0.39, 0.29) is 5.24 Å². The van der Waals surface area contributed by atoms with Crippen LogP contribution in [0.4, 0.5) is 0 Å². The maximum atomic E-state index is 10.8. The third-order valence-electron chi connectivity index (χ3n) is 2.36. The largest absolute Gasteiger partial charge is 0.276 e. The molecule has 0 spiro atoms. The second kappa shape index (κ2) is 3.90. The topological polar surface area (TPSA) is 17.1 Å². The number of hydrogen-bond donors (Lipinski definition) is 0. The Balaban J connectivity index is 2.59. The average Bonchev–Trinajstić information content (AvgIpc) is 2.04. The number of carbonyl (C=O) groups excluding carboxylic acids is 1. The molecular weight excluding hydrogens is 172 g/mol. The molecule has 0 unspecified atom stereocenters. The fraction of sp³-hybridized carbons (Fsp3) is 0.500. The Morgan fingerprint density at radius 1 is 1.75 bits per heavy atom. The molecule has 12 heavy (non-hydrogen) atoms. The molecule has 1 aliphatic rings. The molecule has 0 bridgehead atoms. The van der Waals surface area contributed by atoms with E-state index in [9.17, 15) is 4.79 Å². The van der Waals surface area contributed by atoms with E-state index in [1.165, 1.54) is 5.57 Å². The van der Waals surface area contributed by atoms with Crippen LogP contribution < -0.4 is 0 Å². The van der Waals surface area contributed by atoms with Crippen LogP contribution in [0.2, 0.25) is 0 Å². The summed E-state index contributed by atoms with van der Waals surface area (Å²) in [6.07, 6.45) is 4.68. The minimum absolute atomic E-state index is 0.296. The van der Waals surface area contributed by atoms with E-state index in [0.717, 1.165) is 24.8 Å². The fourth-order valence-electron chi connectivity index (χ4n) is 1.46. The monoisotopic (exact) mass is 184 g/mol. The quantitative estimate of drug-likeness (QED) is 0.476. The van der Waals surface area contributed by atoms with Gasteiger partial charge in [-0.1, -0.05) is 18.2 Å². The number of allylic oxidation sites excluding steroid dienone is 3. The summed E-state index contributed by atoms with van der Waals surface area (Å²) in [4.78, 5) is 10.8. The highest BCUT2D eigenvalue weighted by molar-refractivity contribution is 6.67. The van der Waals surface area contributed by atoms with Crippen molar-refractivity contribution in [2.24, 2.45) is 5.92 Å². The van der Waals surface area contributed by atoms with Crippen LogP contribution in [0.5, 0.6) is 0 Å². The molecule has 0 amide bonds. The van der Waals surface area contributed by atoms with Gasteiger partial charge < -0.3 is 0 Å². The molecule has 0 heterocycles. The standard InChI is InChI=1S/C10H13ClO/c1-7(2)8-3-5-9(6-4-8)10(11)12/h5,8H,1,3-4,6H2,2H3/t8-/m0/s1. The average molecular weight is 185 g/mol. The lowest BCUT2D eigenvalue weighted by Gasteiger charge is -2.20. The van der Waals surface area contributed by atoms with E-state index in [1.807, 2.05) is 13.0 Å². The van der Waals surface area contributed by atoms with Crippen LogP contribution in [0.15, 0.2) is 23.8 Å². The molecule has 0 aliphatic heterocycles. The molecule has 0 N–H and O–H groups in total. The van der Waals surface area contributed by atoms with E-state index in [2.05, 4.69) is 6.58 Å². The van der Waals surface area contributed by atoms with Crippen LogP contribution in [0.3, 0.4) is 0 Å². The first-order chi connectivity index (χ1) is 5.61. The fourth-order valence-corrected chi connectivity index (χ4v) is 1.63. The van der Waals surface area contributed by atoms with Gasteiger partial charge >= 0.3 is 0 Å². The lowest BCUT2D eigenvalue weighted by molar-refractivity contribution is -0.108. The van der Waals surface area contributed by atoms with Crippen LogP contribution in [-0.2, 0) is 4.79 Å². The van der Waals surface area contributed by atoms with Crippen molar-refractivity contribution < 1.29 is 4.79 Å². The first-order valence-electron chi connectivity index (χ1n) is 4.15. The van der Waals surface area contributed by atoms with Crippen molar-refractivity contribution >= 4 is 16.8 Å². The zero-order valence-electron chi connectivity index (χ0n) is 7.27. The molecule has 0 saturated heterocycles. The Kier molecular flexibility index (Phi) is 3.10. The van der Waals surface area contributed by atoms with Gasteiger partial charge in [-0.2, -0.15) is 0 Å². The van der Waals surface area contributed by atoms with Crippen LogP contribution in [0, 0.1) is 5.92 Å². The van der Waals surface area contributed by atoms with Crippen LogP contribution in [0.25, 0.3) is 0 Å². The third-order valence-corrected chi connectivity index (χ3v) is 2.60. The van der Waals surface area contributed by atoms with Gasteiger partial charge in [0.05, 0.1) is 0 Å². The Morgan fingerprint density at radius 2 is 2.42 bits per heavy atom. The van der Waals surface area contributed by atoms with Crippen molar-refractivity contribution in [3.8, 4) is 0 Å². The SMILES string of the molecule is C=C(C)[C@H]1CC=C(C(=O)Cl)CC1. The molecule has 0 aromatic rings. The molecule has 1 rings (SSSR count). The molecule has 0 saturated carbocycles. The molecule has 0 aromatic carbocycles. The van der Waals surface area contributed by atoms with Crippen molar-refractivity contribution in [3.63, 3.8) is 0 Å². The van der Waals surface area contributed by atoms with Gasteiger partial charge in [-0.3, -0.25) is 4.79 Å². The van der Waals surface area contributed by atoms with E-state index in [1.54, 1.807) is 0 Å². The zero-order chi connectivity index (χ0) is 9.14. The van der Waals surface area contributed by atoms with Crippen molar-refractivity contribution in [2.75, 3.05) is 0 Å². The Hall–Kier alpha value is -0.560. The number of hydrogen-bond acceptors (Lipinski definition) is 1. The summed E-state index contributed by atoms with van der Waals surface area (Å²) in [6, 6.07) is 0. The van der Waals surface area contributed by atoms with Crippen molar-refractivity contribution in [2.45, 2.75) is 26.2 Å². The second-order valence-electron chi connectivity index (χ2n) is 3.32. The summed E-state index contributed by atoms with van der Waals surface area (Å²) in [7, 11) is 0. The summed E-state index contributed by atoms with van der Waals surface area (Å²) in [5, 5.41) is -0.296. The predicted octanol–water partition coefficient (Wildman–Crippen LogP) is 3.05. The highest BCUT2D eigenvalue weighted by atomic mass is 35.5. The smallest absolute Gasteiger partial charge is 0.248 e. The first-order valence-corrected chi connectivity index (χ1v) is 4.53. The van der Waals surface area contributed by atoms with Gasteiger partial charge in [0.2, 0.25) is 5.24 Å². The van der Waals surface area contributed by atoms with Gasteiger partial charge in [0.15, 0.2) is 0 Å². The Bertz CT molecular complexity index is 240. The van der Waals surface area contributed by atoms with Crippen LogP contribution in [0.1, 0.15) is 26.2 Å². The van der Waals surface area contributed by atoms with Crippen molar-refractivity contribution in [1.29, 1.82) is 0 Å². The van der Waals surface area contributed by atoms with E-state index < -0.39 is 0 Å². The van der Waals surface area contributed by atoms with Gasteiger partial charge in [-0.05, 0) is 43.7 Å². The molecule has 0 aromatic heterocycles.